The Kier molecular flexibility index (Phi) is 16.8. The van der Waals surface area contributed by atoms with Gasteiger partial charge < -0.3 is 10.1 Å². The van der Waals surface area contributed by atoms with Crippen molar-refractivity contribution in [3.63, 3.8) is 0 Å². The van der Waals surface area contributed by atoms with Gasteiger partial charge in [0.15, 0.2) is 17.5 Å². The lowest BCUT2D eigenvalue weighted by atomic mass is 9.94. The number of carbonyl (C=O) groups excluding carboxylic acids is 3. The molecule has 0 bridgehead atoms. The minimum absolute atomic E-state index is 0.137. The van der Waals surface area contributed by atoms with E-state index in [9.17, 15) is 14.4 Å². The summed E-state index contributed by atoms with van der Waals surface area (Å²) >= 11 is 0. The molecular weight excluding hydrogens is 426 g/mol. The molecule has 1 aromatic carbocycles. The van der Waals surface area contributed by atoms with E-state index >= 15 is 0 Å². The lowest BCUT2D eigenvalue weighted by molar-refractivity contribution is -0.148. The second-order valence-corrected chi connectivity index (χ2v) is 9.26. The van der Waals surface area contributed by atoms with Gasteiger partial charge in [-0.1, -0.05) is 90.4 Å². The number of rotatable bonds is 21. The van der Waals surface area contributed by atoms with Gasteiger partial charge in [0, 0.05) is 17.8 Å². The zero-order valence-corrected chi connectivity index (χ0v) is 21.8. The Labute approximate surface area is 207 Å². The third-order valence-electron chi connectivity index (χ3n) is 6.22. The van der Waals surface area contributed by atoms with Gasteiger partial charge in [-0.05, 0) is 44.5 Å². The summed E-state index contributed by atoms with van der Waals surface area (Å²) in [5, 5.41) is 3.38. The van der Waals surface area contributed by atoms with E-state index in [0.717, 1.165) is 18.7 Å². The second-order valence-electron chi connectivity index (χ2n) is 9.26. The van der Waals surface area contributed by atoms with E-state index in [1.165, 1.54) is 90.4 Å². The average molecular weight is 474 g/mol. The van der Waals surface area contributed by atoms with E-state index in [4.69, 9.17) is 4.74 Å². The number of ketones is 2. The van der Waals surface area contributed by atoms with Crippen LogP contribution in [0, 0.1) is 5.92 Å². The second kappa shape index (κ2) is 19.2. The van der Waals surface area contributed by atoms with Crippen LogP contribution in [0.4, 0.5) is 5.69 Å². The smallest absolute Gasteiger partial charge is 0.324 e. The van der Waals surface area contributed by atoms with Crippen LogP contribution in [0.3, 0.4) is 0 Å². The number of ether oxygens (including phenoxy) is 1. The lowest BCUT2D eigenvalue weighted by Crippen LogP contribution is -2.32. The van der Waals surface area contributed by atoms with Crippen LogP contribution in [0.2, 0.25) is 0 Å². The van der Waals surface area contributed by atoms with E-state index < -0.39 is 23.5 Å². The SMILES string of the molecule is CCCCCCCCCCCCCCCCNc1ccc(C(=O)C(C(C)=O)C(=O)OCC)cc1. The molecule has 0 heterocycles. The molecule has 1 aromatic rings. The Morgan fingerprint density at radius 1 is 0.735 bits per heavy atom. The third-order valence-corrected chi connectivity index (χ3v) is 6.22. The molecule has 5 nitrogen and oxygen atoms in total. The van der Waals surface area contributed by atoms with Crippen molar-refractivity contribution in [3.05, 3.63) is 29.8 Å². The van der Waals surface area contributed by atoms with Crippen molar-refractivity contribution in [2.75, 3.05) is 18.5 Å². The molecule has 0 spiro atoms. The van der Waals surface area contributed by atoms with E-state index in [1.807, 2.05) is 12.1 Å². The summed E-state index contributed by atoms with van der Waals surface area (Å²) in [6.45, 7) is 6.19. The van der Waals surface area contributed by atoms with Crippen molar-refractivity contribution >= 4 is 23.2 Å². The predicted molar refractivity (Wildman–Crippen MR) is 140 cm³/mol. The maximum Gasteiger partial charge on any atom is 0.324 e. The molecule has 1 N–H and O–H groups in total. The van der Waals surface area contributed by atoms with Crippen molar-refractivity contribution in [1.82, 2.24) is 0 Å². The van der Waals surface area contributed by atoms with Gasteiger partial charge in [0.25, 0.3) is 0 Å². The molecule has 5 heteroatoms. The summed E-state index contributed by atoms with van der Waals surface area (Å²) in [7, 11) is 0. The summed E-state index contributed by atoms with van der Waals surface area (Å²) in [5.74, 6) is -3.16. The normalized spacial score (nSPS) is 11.7. The van der Waals surface area contributed by atoms with Crippen LogP contribution in [0.5, 0.6) is 0 Å². The minimum Gasteiger partial charge on any atom is -0.465 e. The first kappa shape index (κ1) is 29.9. The van der Waals surface area contributed by atoms with E-state index in [-0.39, 0.29) is 6.61 Å². The average Bonchev–Trinajstić information content (AvgIpc) is 2.82. The zero-order valence-electron chi connectivity index (χ0n) is 21.8. The maximum atomic E-state index is 12.6. The maximum absolute atomic E-state index is 12.6. The lowest BCUT2D eigenvalue weighted by Gasteiger charge is -2.12. The first-order chi connectivity index (χ1) is 16.5. The van der Waals surface area contributed by atoms with Gasteiger partial charge in [-0.15, -0.1) is 0 Å². The summed E-state index contributed by atoms with van der Waals surface area (Å²) < 4.78 is 4.88. The van der Waals surface area contributed by atoms with Gasteiger partial charge >= 0.3 is 5.97 Å². The molecular formula is C29H47NO4. The summed E-state index contributed by atoms with van der Waals surface area (Å²) in [6, 6.07) is 6.95. The van der Waals surface area contributed by atoms with Crippen LogP contribution in [-0.4, -0.2) is 30.7 Å². The van der Waals surface area contributed by atoms with Crippen molar-refractivity contribution in [2.45, 2.75) is 111 Å². The molecule has 1 unspecified atom stereocenters. The Balaban J connectivity index is 2.13. The van der Waals surface area contributed by atoms with E-state index in [1.54, 1.807) is 19.1 Å². The van der Waals surface area contributed by atoms with Crippen molar-refractivity contribution in [2.24, 2.45) is 5.92 Å². The molecule has 0 aliphatic carbocycles. The van der Waals surface area contributed by atoms with Gasteiger partial charge in [0.1, 0.15) is 0 Å². The fourth-order valence-electron chi connectivity index (χ4n) is 4.15. The molecule has 0 aliphatic rings. The number of anilines is 1. The molecule has 0 radical (unpaired) electrons. The molecule has 0 fully saturated rings. The highest BCUT2D eigenvalue weighted by atomic mass is 16.5. The standard InChI is InChI=1S/C29H47NO4/c1-4-6-7-8-9-10-11-12-13-14-15-16-17-18-23-30-26-21-19-25(20-22-26)28(32)27(24(3)31)29(33)34-5-2/h19-22,27,30H,4-18,23H2,1-3H3. The fraction of sp³-hybridized carbons (Fsp3) is 0.690. The highest BCUT2D eigenvalue weighted by Crippen LogP contribution is 2.17. The van der Waals surface area contributed by atoms with Gasteiger partial charge in [0.05, 0.1) is 6.61 Å². The number of hydrogen-bond acceptors (Lipinski definition) is 5. The number of esters is 1. The molecule has 0 aliphatic heterocycles. The summed E-state index contributed by atoms with van der Waals surface area (Å²) in [6.07, 6.45) is 18.8. The molecule has 1 atom stereocenters. The minimum atomic E-state index is -1.38. The number of carbonyl (C=O) groups is 3. The largest absolute Gasteiger partial charge is 0.465 e. The molecule has 0 saturated heterocycles. The molecule has 34 heavy (non-hydrogen) atoms. The Morgan fingerprint density at radius 2 is 1.21 bits per heavy atom. The highest BCUT2D eigenvalue weighted by molar-refractivity contribution is 6.22. The summed E-state index contributed by atoms with van der Waals surface area (Å²) in [5.41, 5.74) is 1.28. The van der Waals surface area contributed by atoms with Crippen LogP contribution >= 0.6 is 0 Å². The number of benzene rings is 1. The zero-order chi connectivity index (χ0) is 25.0. The first-order valence-electron chi connectivity index (χ1n) is 13.6. The Hall–Kier alpha value is -2.17. The monoisotopic (exact) mass is 473 g/mol. The number of Topliss-reactive ketones (excluding diaryl/α,β-unsaturated/α-hetero) is 2. The van der Waals surface area contributed by atoms with Gasteiger partial charge in [-0.2, -0.15) is 0 Å². The highest BCUT2D eigenvalue weighted by Gasteiger charge is 2.33. The van der Waals surface area contributed by atoms with Crippen LogP contribution < -0.4 is 5.32 Å². The van der Waals surface area contributed by atoms with Gasteiger partial charge in [0.2, 0.25) is 0 Å². The first-order valence-corrected chi connectivity index (χ1v) is 13.6. The molecule has 0 amide bonds. The van der Waals surface area contributed by atoms with Crippen LogP contribution in [0.25, 0.3) is 0 Å². The summed E-state index contributed by atoms with van der Waals surface area (Å²) in [4.78, 5) is 36.3. The molecule has 192 valence electrons. The quantitative estimate of drug-likeness (QED) is 0.0864. The van der Waals surface area contributed by atoms with E-state index in [0.29, 0.717) is 5.56 Å². The van der Waals surface area contributed by atoms with Crippen LogP contribution in [-0.2, 0) is 14.3 Å². The number of unbranched alkanes of at least 4 members (excludes halogenated alkanes) is 13. The van der Waals surface area contributed by atoms with E-state index in [2.05, 4.69) is 12.2 Å². The Morgan fingerprint density at radius 3 is 1.65 bits per heavy atom. The van der Waals surface area contributed by atoms with Gasteiger partial charge in [-0.3, -0.25) is 14.4 Å². The molecule has 1 rings (SSSR count). The Bertz CT molecular complexity index is 699. The third kappa shape index (κ3) is 12.9. The van der Waals surface area contributed by atoms with Crippen molar-refractivity contribution in [3.8, 4) is 0 Å². The predicted octanol–water partition coefficient (Wildman–Crippen LogP) is 7.53. The number of hydrogen-bond donors (Lipinski definition) is 1. The molecule has 0 saturated carbocycles. The molecule has 0 aromatic heterocycles. The fourth-order valence-corrected chi connectivity index (χ4v) is 4.15. The van der Waals surface area contributed by atoms with Crippen molar-refractivity contribution < 1.29 is 19.1 Å². The van der Waals surface area contributed by atoms with Gasteiger partial charge in [-0.25, -0.2) is 0 Å². The van der Waals surface area contributed by atoms with Crippen LogP contribution in [0.15, 0.2) is 24.3 Å². The topological polar surface area (TPSA) is 72.5 Å². The van der Waals surface area contributed by atoms with Crippen LogP contribution in [0.1, 0.15) is 121 Å². The van der Waals surface area contributed by atoms with Crippen molar-refractivity contribution in [1.29, 1.82) is 0 Å². The number of nitrogens with one attached hydrogen (secondary N) is 1.